The molecule has 0 aliphatic carbocycles. The number of hydrogen-bond acceptors (Lipinski definition) is 7. The molecule has 0 aromatic carbocycles. The minimum atomic E-state index is -0.669. The van der Waals surface area contributed by atoms with E-state index in [2.05, 4.69) is 20.3 Å². The van der Waals surface area contributed by atoms with Gasteiger partial charge in [-0.05, 0) is 6.07 Å². The Morgan fingerprint density at radius 2 is 2.12 bits per heavy atom. The van der Waals surface area contributed by atoms with Gasteiger partial charge in [0.15, 0.2) is 0 Å². The van der Waals surface area contributed by atoms with Crippen LogP contribution >= 0.6 is 11.6 Å². The van der Waals surface area contributed by atoms with Gasteiger partial charge in [0.1, 0.15) is 17.6 Å². The van der Waals surface area contributed by atoms with Gasteiger partial charge in [0.05, 0.1) is 10.6 Å². The van der Waals surface area contributed by atoms with Gasteiger partial charge in [-0.15, -0.1) is 0 Å². The van der Waals surface area contributed by atoms with E-state index < -0.39 is 12.3 Å². The van der Waals surface area contributed by atoms with Crippen LogP contribution in [0.2, 0.25) is 5.02 Å². The van der Waals surface area contributed by atoms with Crippen molar-refractivity contribution >= 4 is 29.4 Å². The number of methoxy groups -OCH3 is 2. The molecule has 130 valence electrons. The van der Waals surface area contributed by atoms with E-state index in [-0.39, 0.29) is 22.4 Å². The summed E-state index contributed by atoms with van der Waals surface area (Å²) in [5, 5.41) is 11.6. The molecule has 0 saturated carbocycles. The van der Waals surface area contributed by atoms with Crippen LogP contribution in [-0.4, -0.2) is 42.3 Å². The summed E-state index contributed by atoms with van der Waals surface area (Å²) in [6, 6.07) is 4.36. The first kappa shape index (κ1) is 18.5. The molecule has 0 spiro atoms. The quantitative estimate of drug-likeness (QED) is 0.812. The number of amides is 2. The van der Waals surface area contributed by atoms with E-state index in [1.807, 2.05) is 6.07 Å². The monoisotopic (exact) mass is 362 g/mol. The summed E-state index contributed by atoms with van der Waals surface area (Å²) < 4.78 is 10.3. The van der Waals surface area contributed by atoms with Gasteiger partial charge in [-0.25, -0.2) is 19.7 Å². The SMILES string of the molecule is COC(OC)c1ccnc(N(C)C(=O)Nc2cc(Cl)c(C#N)cn2)n1. The predicted octanol–water partition coefficient (Wildman–Crippen LogP) is 2.36. The first-order valence-electron chi connectivity index (χ1n) is 6.99. The average Bonchev–Trinajstić information content (AvgIpc) is 2.62. The predicted molar refractivity (Wildman–Crippen MR) is 90.2 cm³/mol. The summed E-state index contributed by atoms with van der Waals surface area (Å²) in [7, 11) is 4.45. The molecule has 0 radical (unpaired) electrons. The van der Waals surface area contributed by atoms with Crippen molar-refractivity contribution in [3.63, 3.8) is 0 Å². The van der Waals surface area contributed by atoms with Crippen LogP contribution in [0.1, 0.15) is 17.5 Å². The Balaban J connectivity index is 2.16. The third-order valence-electron chi connectivity index (χ3n) is 3.15. The topological polar surface area (TPSA) is 113 Å². The average molecular weight is 363 g/mol. The number of ether oxygens (including phenoxy) is 2. The lowest BCUT2D eigenvalue weighted by Crippen LogP contribution is -2.33. The van der Waals surface area contributed by atoms with Crippen molar-refractivity contribution in [3.8, 4) is 6.07 Å². The second kappa shape index (κ2) is 8.34. The van der Waals surface area contributed by atoms with Crippen molar-refractivity contribution in [1.82, 2.24) is 15.0 Å². The number of hydrogen-bond donors (Lipinski definition) is 1. The number of anilines is 2. The van der Waals surface area contributed by atoms with Crippen LogP contribution in [0.3, 0.4) is 0 Å². The van der Waals surface area contributed by atoms with Gasteiger partial charge in [-0.1, -0.05) is 11.6 Å². The molecule has 0 bridgehead atoms. The Morgan fingerprint density at radius 1 is 1.40 bits per heavy atom. The molecule has 2 heterocycles. The van der Waals surface area contributed by atoms with Gasteiger partial charge in [0, 0.05) is 39.7 Å². The molecule has 0 aliphatic rings. The number of nitrogens with one attached hydrogen (secondary N) is 1. The molecule has 2 amide bonds. The van der Waals surface area contributed by atoms with E-state index in [0.29, 0.717) is 5.69 Å². The molecule has 2 aromatic heterocycles. The Labute approximate surface area is 149 Å². The zero-order valence-electron chi connectivity index (χ0n) is 13.7. The molecular weight excluding hydrogens is 348 g/mol. The molecule has 2 aromatic rings. The highest BCUT2D eigenvalue weighted by atomic mass is 35.5. The van der Waals surface area contributed by atoms with Crippen molar-refractivity contribution in [2.75, 3.05) is 31.5 Å². The van der Waals surface area contributed by atoms with Crippen LogP contribution in [0.25, 0.3) is 0 Å². The van der Waals surface area contributed by atoms with Crippen molar-refractivity contribution in [1.29, 1.82) is 5.26 Å². The fourth-order valence-electron chi connectivity index (χ4n) is 1.86. The van der Waals surface area contributed by atoms with Gasteiger partial charge in [0.2, 0.25) is 12.2 Å². The highest BCUT2D eigenvalue weighted by Crippen LogP contribution is 2.19. The van der Waals surface area contributed by atoms with Gasteiger partial charge in [-0.2, -0.15) is 5.26 Å². The molecule has 25 heavy (non-hydrogen) atoms. The first-order valence-corrected chi connectivity index (χ1v) is 7.36. The second-order valence-electron chi connectivity index (χ2n) is 4.74. The third-order valence-corrected chi connectivity index (χ3v) is 3.46. The lowest BCUT2D eigenvalue weighted by Gasteiger charge is -2.18. The van der Waals surface area contributed by atoms with Crippen molar-refractivity contribution in [2.45, 2.75) is 6.29 Å². The van der Waals surface area contributed by atoms with E-state index in [4.69, 9.17) is 26.3 Å². The first-order chi connectivity index (χ1) is 12.0. The molecule has 0 unspecified atom stereocenters. The van der Waals surface area contributed by atoms with Crippen molar-refractivity contribution < 1.29 is 14.3 Å². The van der Waals surface area contributed by atoms with E-state index >= 15 is 0 Å². The number of rotatable bonds is 5. The summed E-state index contributed by atoms with van der Waals surface area (Å²) in [5.41, 5.74) is 0.684. The molecule has 1 N–H and O–H groups in total. The second-order valence-corrected chi connectivity index (χ2v) is 5.14. The fraction of sp³-hybridized carbons (Fsp3) is 0.267. The normalized spacial score (nSPS) is 10.4. The number of carbonyl (C=O) groups is 1. The summed E-state index contributed by atoms with van der Waals surface area (Å²) in [4.78, 5) is 25.8. The number of urea groups is 1. The van der Waals surface area contributed by atoms with Gasteiger partial charge in [-0.3, -0.25) is 10.2 Å². The Hall–Kier alpha value is -2.80. The summed E-state index contributed by atoms with van der Waals surface area (Å²) in [6.07, 6.45) is 2.09. The van der Waals surface area contributed by atoms with Gasteiger partial charge in [0.25, 0.3) is 0 Å². The number of nitrogens with zero attached hydrogens (tertiary/aromatic N) is 5. The highest BCUT2D eigenvalue weighted by molar-refractivity contribution is 6.32. The summed E-state index contributed by atoms with van der Waals surface area (Å²) >= 11 is 5.92. The maximum atomic E-state index is 12.3. The van der Waals surface area contributed by atoms with Gasteiger partial charge < -0.3 is 9.47 Å². The Morgan fingerprint density at radius 3 is 2.72 bits per heavy atom. The zero-order chi connectivity index (χ0) is 18.4. The maximum absolute atomic E-state index is 12.3. The minimum Gasteiger partial charge on any atom is -0.350 e. The summed E-state index contributed by atoms with van der Waals surface area (Å²) in [5.74, 6) is 0.345. The molecule has 0 saturated heterocycles. The fourth-order valence-corrected chi connectivity index (χ4v) is 2.05. The van der Waals surface area contributed by atoms with Crippen LogP contribution in [0, 0.1) is 11.3 Å². The van der Waals surface area contributed by atoms with Crippen LogP contribution in [-0.2, 0) is 9.47 Å². The van der Waals surface area contributed by atoms with Crippen LogP contribution in [0.4, 0.5) is 16.6 Å². The lowest BCUT2D eigenvalue weighted by atomic mass is 10.3. The number of aromatic nitrogens is 3. The van der Waals surface area contributed by atoms with Crippen LogP contribution < -0.4 is 10.2 Å². The van der Waals surface area contributed by atoms with Crippen LogP contribution in [0.15, 0.2) is 24.5 Å². The molecule has 0 fully saturated rings. The van der Waals surface area contributed by atoms with Crippen LogP contribution in [0.5, 0.6) is 0 Å². The number of carbonyl (C=O) groups excluding carboxylic acids is 1. The smallest absolute Gasteiger partial charge is 0.329 e. The summed E-state index contributed by atoms with van der Waals surface area (Å²) in [6.45, 7) is 0. The lowest BCUT2D eigenvalue weighted by molar-refractivity contribution is -0.108. The zero-order valence-corrected chi connectivity index (χ0v) is 14.5. The van der Waals surface area contributed by atoms with E-state index in [9.17, 15) is 4.79 Å². The van der Waals surface area contributed by atoms with Crippen molar-refractivity contribution in [2.24, 2.45) is 0 Å². The molecule has 0 atom stereocenters. The van der Waals surface area contributed by atoms with Gasteiger partial charge >= 0.3 is 6.03 Å². The van der Waals surface area contributed by atoms with E-state index in [1.54, 1.807) is 6.07 Å². The molecule has 10 heteroatoms. The number of halogens is 1. The van der Waals surface area contributed by atoms with E-state index in [0.717, 1.165) is 0 Å². The van der Waals surface area contributed by atoms with Crippen molar-refractivity contribution in [3.05, 3.63) is 40.8 Å². The number of nitriles is 1. The standard InChI is InChI=1S/C15H15ClN6O3/c1-22(14-18-5-4-11(20-14)13(24-2)25-3)15(23)21-12-6-10(16)9(7-17)8-19-12/h4-6,8,13H,1-3H3,(H,19,21,23). The highest BCUT2D eigenvalue weighted by Gasteiger charge is 2.18. The third kappa shape index (κ3) is 4.39. The number of pyridine rings is 1. The largest absolute Gasteiger partial charge is 0.350 e. The molecular formula is C15H15ClN6O3. The minimum absolute atomic E-state index is 0.147. The molecule has 2 rings (SSSR count). The molecule has 0 aliphatic heterocycles. The maximum Gasteiger partial charge on any atom is 0.329 e. The Kier molecular flexibility index (Phi) is 6.19. The Bertz CT molecular complexity index is 806. The van der Waals surface area contributed by atoms with E-state index in [1.165, 1.54) is 44.6 Å². The molecule has 9 nitrogen and oxygen atoms in total.